The second-order valence-corrected chi connectivity index (χ2v) is 7.94. The Morgan fingerprint density at radius 1 is 0.548 bits per heavy atom. The van der Waals surface area contributed by atoms with E-state index >= 15 is 0 Å². The van der Waals surface area contributed by atoms with Gasteiger partial charge in [-0.1, -0.05) is 78.3 Å². The molecule has 0 spiro atoms. The minimum absolute atomic E-state index is 0.706. The lowest BCUT2D eigenvalue weighted by Crippen LogP contribution is -2.10. The number of fused-ring (bicyclic) bond motifs is 5. The van der Waals surface area contributed by atoms with Crippen LogP contribution in [0.2, 0.25) is 5.02 Å². The van der Waals surface area contributed by atoms with E-state index in [0.717, 1.165) is 49.8 Å². The highest BCUT2D eigenvalue weighted by molar-refractivity contribution is 6.39. The van der Waals surface area contributed by atoms with Gasteiger partial charge in [0.15, 0.2) is 0 Å². The maximum absolute atomic E-state index is 6.60. The molecule has 1 heterocycles. The van der Waals surface area contributed by atoms with Crippen LogP contribution in [0.1, 0.15) is 0 Å². The molecule has 0 aliphatic rings. The number of nitrogens with zero attached hydrogens (tertiary/aromatic N) is 1. The Kier molecular flexibility index (Phi) is 4.19. The average molecular weight is 420 g/mol. The number of halogens is 1. The molecule has 0 radical (unpaired) electrons. The molecule has 148 valence electrons. The third kappa shape index (κ3) is 2.88. The highest BCUT2D eigenvalue weighted by atomic mass is 35.5. The van der Waals surface area contributed by atoms with Gasteiger partial charge in [0.05, 0.1) is 10.7 Å². The summed E-state index contributed by atoms with van der Waals surface area (Å²) >= 11 is 6.60. The van der Waals surface area contributed by atoms with E-state index < -0.39 is 0 Å². The third-order valence-electron chi connectivity index (χ3n) is 5.70. The highest BCUT2D eigenvalue weighted by Crippen LogP contribution is 2.45. The van der Waals surface area contributed by atoms with Crippen LogP contribution < -0.4 is 4.90 Å². The van der Waals surface area contributed by atoms with Crippen LogP contribution in [0.25, 0.3) is 32.7 Å². The van der Waals surface area contributed by atoms with E-state index in [1.165, 1.54) is 0 Å². The van der Waals surface area contributed by atoms with Gasteiger partial charge in [-0.3, -0.25) is 0 Å². The molecule has 6 aromatic rings. The second kappa shape index (κ2) is 7.19. The summed E-state index contributed by atoms with van der Waals surface area (Å²) in [6.45, 7) is 0. The molecular weight excluding hydrogens is 402 g/mol. The van der Waals surface area contributed by atoms with E-state index in [9.17, 15) is 0 Å². The number of benzene rings is 5. The summed E-state index contributed by atoms with van der Waals surface area (Å²) in [6.07, 6.45) is 0. The van der Waals surface area contributed by atoms with Crippen molar-refractivity contribution in [2.45, 2.75) is 0 Å². The van der Waals surface area contributed by atoms with Crippen LogP contribution in [0.4, 0.5) is 17.1 Å². The van der Waals surface area contributed by atoms with Crippen molar-refractivity contribution in [2.24, 2.45) is 0 Å². The Balaban J connectivity index is 1.75. The lowest BCUT2D eigenvalue weighted by molar-refractivity contribution is 0.669. The van der Waals surface area contributed by atoms with E-state index in [2.05, 4.69) is 83.8 Å². The topological polar surface area (TPSA) is 16.4 Å². The highest BCUT2D eigenvalue weighted by Gasteiger charge is 2.20. The van der Waals surface area contributed by atoms with Gasteiger partial charge >= 0.3 is 0 Å². The standard InChI is InChI=1S/C28H18ClNO/c29-23-16-9-17-25-28(23)27-22-15-8-7-14-21(22)24(18-26(27)31-25)30(19-10-3-1-4-11-19)20-12-5-2-6-13-20/h1-18H. The van der Waals surface area contributed by atoms with Crippen molar-refractivity contribution in [2.75, 3.05) is 4.90 Å². The summed E-state index contributed by atoms with van der Waals surface area (Å²) < 4.78 is 6.29. The number of rotatable bonds is 3. The van der Waals surface area contributed by atoms with Crippen LogP contribution in [0.5, 0.6) is 0 Å². The molecule has 5 aromatic carbocycles. The number of hydrogen-bond donors (Lipinski definition) is 0. The van der Waals surface area contributed by atoms with Gasteiger partial charge in [-0.2, -0.15) is 0 Å². The number of para-hydroxylation sites is 2. The van der Waals surface area contributed by atoms with Gasteiger partial charge in [-0.25, -0.2) is 0 Å². The van der Waals surface area contributed by atoms with Gasteiger partial charge in [0.1, 0.15) is 11.2 Å². The van der Waals surface area contributed by atoms with Crippen LogP contribution >= 0.6 is 11.6 Å². The normalized spacial score (nSPS) is 11.4. The van der Waals surface area contributed by atoms with Crippen molar-refractivity contribution in [3.63, 3.8) is 0 Å². The molecule has 0 unspecified atom stereocenters. The van der Waals surface area contributed by atoms with Crippen LogP contribution in [-0.2, 0) is 0 Å². The summed E-state index contributed by atoms with van der Waals surface area (Å²) in [7, 11) is 0. The van der Waals surface area contributed by atoms with Crippen LogP contribution in [0, 0.1) is 0 Å². The summed E-state index contributed by atoms with van der Waals surface area (Å²) in [5, 5.41) is 5.00. The molecule has 0 amide bonds. The Hall–Kier alpha value is -3.75. The monoisotopic (exact) mass is 419 g/mol. The predicted octanol–water partition coefficient (Wildman–Crippen LogP) is 8.86. The first-order valence-corrected chi connectivity index (χ1v) is 10.6. The van der Waals surface area contributed by atoms with E-state index in [0.29, 0.717) is 5.02 Å². The number of furan rings is 1. The quantitative estimate of drug-likeness (QED) is 0.284. The Bertz CT molecular complexity index is 1500. The Labute approximate surface area is 184 Å². The zero-order valence-corrected chi connectivity index (χ0v) is 17.4. The van der Waals surface area contributed by atoms with E-state index in [-0.39, 0.29) is 0 Å². The van der Waals surface area contributed by atoms with E-state index in [1.807, 2.05) is 30.3 Å². The summed E-state index contributed by atoms with van der Waals surface area (Å²) in [4.78, 5) is 2.27. The van der Waals surface area contributed by atoms with E-state index in [1.54, 1.807) is 0 Å². The Morgan fingerprint density at radius 3 is 1.84 bits per heavy atom. The summed E-state index contributed by atoms with van der Waals surface area (Å²) in [5.74, 6) is 0. The molecule has 0 aliphatic carbocycles. The minimum atomic E-state index is 0.706. The molecule has 0 N–H and O–H groups in total. The van der Waals surface area contributed by atoms with Gasteiger partial charge in [0.2, 0.25) is 0 Å². The maximum Gasteiger partial charge on any atom is 0.138 e. The molecule has 0 fully saturated rings. The van der Waals surface area contributed by atoms with Gasteiger partial charge < -0.3 is 9.32 Å². The third-order valence-corrected chi connectivity index (χ3v) is 6.02. The van der Waals surface area contributed by atoms with E-state index in [4.69, 9.17) is 16.0 Å². The zero-order valence-electron chi connectivity index (χ0n) is 16.6. The summed E-state index contributed by atoms with van der Waals surface area (Å²) in [6, 6.07) is 37.2. The number of hydrogen-bond acceptors (Lipinski definition) is 2. The molecule has 1 aromatic heterocycles. The predicted molar refractivity (Wildman–Crippen MR) is 131 cm³/mol. The van der Waals surface area contributed by atoms with Crippen molar-refractivity contribution < 1.29 is 4.42 Å². The van der Waals surface area contributed by atoms with Gasteiger partial charge in [0, 0.05) is 33.6 Å². The first-order chi connectivity index (χ1) is 15.3. The lowest BCUT2D eigenvalue weighted by Gasteiger charge is -2.26. The van der Waals surface area contributed by atoms with Crippen molar-refractivity contribution in [1.29, 1.82) is 0 Å². The lowest BCUT2D eigenvalue weighted by atomic mass is 10.0. The van der Waals surface area contributed by atoms with Gasteiger partial charge in [0.25, 0.3) is 0 Å². The molecule has 0 saturated heterocycles. The first-order valence-electron chi connectivity index (χ1n) is 10.2. The molecule has 6 rings (SSSR count). The van der Waals surface area contributed by atoms with Crippen molar-refractivity contribution in [1.82, 2.24) is 0 Å². The van der Waals surface area contributed by atoms with Crippen LogP contribution in [0.15, 0.2) is 114 Å². The molecule has 0 saturated carbocycles. The molecule has 2 nitrogen and oxygen atoms in total. The maximum atomic E-state index is 6.60. The number of anilines is 3. The van der Waals surface area contributed by atoms with Gasteiger partial charge in [-0.05, 0) is 41.8 Å². The fourth-order valence-electron chi connectivity index (χ4n) is 4.39. The molecule has 31 heavy (non-hydrogen) atoms. The molecule has 3 heteroatoms. The average Bonchev–Trinajstić information content (AvgIpc) is 3.21. The molecule has 0 bridgehead atoms. The zero-order chi connectivity index (χ0) is 20.8. The fraction of sp³-hybridized carbons (Fsp3) is 0. The minimum Gasteiger partial charge on any atom is -0.456 e. The SMILES string of the molecule is Clc1cccc2oc3cc(N(c4ccccc4)c4ccccc4)c4ccccc4c3c12. The van der Waals surface area contributed by atoms with Crippen molar-refractivity contribution in [3.05, 3.63) is 114 Å². The smallest absolute Gasteiger partial charge is 0.138 e. The fourth-order valence-corrected chi connectivity index (χ4v) is 4.65. The molecule has 0 aliphatic heterocycles. The van der Waals surface area contributed by atoms with Crippen LogP contribution in [-0.4, -0.2) is 0 Å². The molecule has 0 atom stereocenters. The van der Waals surface area contributed by atoms with Crippen molar-refractivity contribution >= 4 is 61.4 Å². The second-order valence-electron chi connectivity index (χ2n) is 7.54. The Morgan fingerprint density at radius 2 is 1.16 bits per heavy atom. The largest absolute Gasteiger partial charge is 0.456 e. The molecular formula is C28H18ClNO. The van der Waals surface area contributed by atoms with Crippen LogP contribution in [0.3, 0.4) is 0 Å². The van der Waals surface area contributed by atoms with Gasteiger partial charge in [-0.15, -0.1) is 0 Å². The van der Waals surface area contributed by atoms with Crippen molar-refractivity contribution in [3.8, 4) is 0 Å². The first kappa shape index (κ1) is 18.1. The summed E-state index contributed by atoms with van der Waals surface area (Å²) in [5.41, 5.74) is 4.87.